The van der Waals surface area contributed by atoms with Crippen molar-refractivity contribution in [2.24, 2.45) is 0 Å². The fraction of sp³-hybridized carbons (Fsp3) is 0.0417. The highest BCUT2D eigenvalue weighted by Crippen LogP contribution is 2.33. The first kappa shape index (κ1) is 22.7. The zero-order chi connectivity index (χ0) is 24.4. The third-order valence-corrected chi connectivity index (χ3v) is 5.47. The Morgan fingerprint density at radius 2 is 1.80 bits per heavy atom. The van der Waals surface area contributed by atoms with E-state index in [1.165, 1.54) is 0 Å². The van der Waals surface area contributed by atoms with Crippen LogP contribution in [0.15, 0.2) is 72.9 Å². The molecule has 11 heteroatoms. The van der Waals surface area contributed by atoms with E-state index in [1.807, 2.05) is 30.3 Å². The van der Waals surface area contributed by atoms with E-state index >= 15 is 0 Å². The van der Waals surface area contributed by atoms with Crippen LogP contribution in [0.2, 0.25) is 10.0 Å². The number of ether oxygens (including phenoxy) is 1. The third kappa shape index (κ3) is 4.91. The molecule has 0 unspecified atom stereocenters. The number of carbonyl (C=O) groups is 1. The van der Waals surface area contributed by atoms with E-state index in [0.717, 1.165) is 17.7 Å². The summed E-state index contributed by atoms with van der Waals surface area (Å²) in [5.74, 6) is -0.492. The summed E-state index contributed by atoms with van der Waals surface area (Å²) in [5.41, 5.74) is 3.16. The topological polar surface area (TPSA) is 94.3 Å². The zero-order valence-corrected chi connectivity index (χ0v) is 19.3. The number of pyridine rings is 1. The minimum Gasteiger partial charge on any atom is -0.481 e. The van der Waals surface area contributed by atoms with Crippen LogP contribution in [-0.4, -0.2) is 37.3 Å². The Labute approximate surface area is 208 Å². The summed E-state index contributed by atoms with van der Waals surface area (Å²) in [4.78, 5) is 16.7. The van der Waals surface area contributed by atoms with Gasteiger partial charge in [-0.2, -0.15) is 9.61 Å². The van der Waals surface area contributed by atoms with Crippen LogP contribution in [0.3, 0.4) is 0 Å². The van der Waals surface area contributed by atoms with Crippen LogP contribution in [0.1, 0.15) is 0 Å². The van der Waals surface area contributed by atoms with Crippen LogP contribution in [-0.2, 0) is 4.79 Å². The number of hydrogen-bond acceptors (Lipinski definition) is 6. The number of carbonyl (C=O) groups excluding carboxylic acids is 1. The Bertz CT molecular complexity index is 1520. The number of anilines is 1. The second kappa shape index (κ2) is 9.65. The van der Waals surface area contributed by atoms with Gasteiger partial charge in [-0.15, -0.1) is 10.2 Å². The maximum atomic E-state index is 13.3. The number of nitrogens with zero attached hydrogens (tertiary/aromatic N) is 5. The molecule has 0 aliphatic carbocycles. The minimum atomic E-state index is -0.598. The first-order valence-electron chi connectivity index (χ1n) is 10.3. The lowest BCUT2D eigenvalue weighted by Crippen LogP contribution is -2.20. The molecule has 0 saturated heterocycles. The quantitative estimate of drug-likeness (QED) is 0.333. The van der Waals surface area contributed by atoms with Gasteiger partial charge in [0.05, 0.1) is 15.7 Å². The molecule has 0 atom stereocenters. The lowest BCUT2D eigenvalue weighted by molar-refractivity contribution is -0.118. The lowest BCUT2D eigenvalue weighted by Gasteiger charge is -2.11. The van der Waals surface area contributed by atoms with Gasteiger partial charge in [0.1, 0.15) is 11.5 Å². The Hall–Kier alpha value is -4.08. The van der Waals surface area contributed by atoms with E-state index in [9.17, 15) is 9.18 Å². The highest BCUT2D eigenvalue weighted by Gasteiger charge is 2.14. The lowest BCUT2D eigenvalue weighted by atomic mass is 10.1. The van der Waals surface area contributed by atoms with Gasteiger partial charge in [0, 0.05) is 17.4 Å². The summed E-state index contributed by atoms with van der Waals surface area (Å²) in [6.07, 6.45) is 1.67. The number of hydrogen-bond donors (Lipinski definition) is 1. The van der Waals surface area contributed by atoms with E-state index in [-0.39, 0.29) is 22.4 Å². The van der Waals surface area contributed by atoms with Gasteiger partial charge in [-0.25, -0.2) is 4.39 Å². The monoisotopic (exact) mass is 508 g/mol. The van der Waals surface area contributed by atoms with Crippen molar-refractivity contribution >= 4 is 40.4 Å². The van der Waals surface area contributed by atoms with Crippen molar-refractivity contribution in [2.75, 3.05) is 11.9 Å². The van der Waals surface area contributed by atoms with Gasteiger partial charge >= 0.3 is 0 Å². The molecule has 0 radical (unpaired) electrons. The number of rotatable bonds is 6. The van der Waals surface area contributed by atoms with Gasteiger partial charge in [-0.05, 0) is 48.5 Å². The smallest absolute Gasteiger partial charge is 0.262 e. The number of amides is 1. The molecule has 5 aromatic rings. The molecule has 0 aliphatic rings. The van der Waals surface area contributed by atoms with Crippen molar-refractivity contribution in [2.45, 2.75) is 0 Å². The highest BCUT2D eigenvalue weighted by molar-refractivity contribution is 6.37. The van der Waals surface area contributed by atoms with Crippen LogP contribution >= 0.6 is 23.2 Å². The van der Waals surface area contributed by atoms with Crippen molar-refractivity contribution in [3.05, 3.63) is 88.8 Å². The summed E-state index contributed by atoms with van der Waals surface area (Å²) in [7, 11) is 0. The summed E-state index contributed by atoms with van der Waals surface area (Å²) in [6.45, 7) is -0.367. The number of fused-ring (bicyclic) bond motifs is 1. The molecule has 0 spiro atoms. The van der Waals surface area contributed by atoms with Gasteiger partial charge in [0.25, 0.3) is 5.91 Å². The van der Waals surface area contributed by atoms with Crippen molar-refractivity contribution in [3.8, 4) is 28.5 Å². The second-order valence-electron chi connectivity index (χ2n) is 7.34. The molecule has 1 amide bonds. The van der Waals surface area contributed by atoms with Gasteiger partial charge in [-0.3, -0.25) is 9.78 Å². The van der Waals surface area contributed by atoms with Crippen molar-refractivity contribution in [1.29, 1.82) is 0 Å². The molecule has 8 nitrogen and oxygen atoms in total. The maximum absolute atomic E-state index is 13.3. The van der Waals surface area contributed by atoms with Crippen molar-refractivity contribution < 1.29 is 13.9 Å². The first-order valence-corrected chi connectivity index (χ1v) is 11.0. The van der Waals surface area contributed by atoms with Crippen molar-refractivity contribution in [3.63, 3.8) is 0 Å². The molecule has 3 aromatic heterocycles. The molecule has 0 bridgehead atoms. The Morgan fingerprint density at radius 1 is 0.971 bits per heavy atom. The van der Waals surface area contributed by atoms with Gasteiger partial charge in [0.2, 0.25) is 5.82 Å². The standard InChI is InChI=1S/C24H15Cl2FN6O2/c25-17-11-15(27)12-18(26)23(17)35-13-22(34)29-16-5-3-4-14(10-16)19-7-8-21-30-31-24(33(21)32-19)20-6-1-2-9-28-20/h1-12H,13H2,(H,29,34). The van der Waals surface area contributed by atoms with E-state index in [2.05, 4.69) is 25.6 Å². The van der Waals surface area contributed by atoms with E-state index < -0.39 is 11.7 Å². The Kier molecular flexibility index (Phi) is 6.26. The van der Waals surface area contributed by atoms with Crippen LogP contribution in [0, 0.1) is 5.82 Å². The fourth-order valence-electron chi connectivity index (χ4n) is 3.36. The molecule has 0 fully saturated rings. The molecular weight excluding hydrogens is 494 g/mol. The van der Waals surface area contributed by atoms with Gasteiger partial charge in [-0.1, -0.05) is 41.4 Å². The fourth-order valence-corrected chi connectivity index (χ4v) is 3.93. The number of aromatic nitrogens is 5. The number of benzene rings is 2. The Morgan fingerprint density at radius 3 is 2.57 bits per heavy atom. The number of nitrogens with one attached hydrogen (secondary N) is 1. The number of halogens is 3. The molecule has 174 valence electrons. The van der Waals surface area contributed by atoms with Gasteiger partial charge < -0.3 is 10.1 Å². The van der Waals surface area contributed by atoms with Crippen LogP contribution in [0.5, 0.6) is 5.75 Å². The van der Waals surface area contributed by atoms with Gasteiger partial charge in [0.15, 0.2) is 18.0 Å². The summed E-state index contributed by atoms with van der Waals surface area (Å²) < 4.78 is 20.3. The second-order valence-corrected chi connectivity index (χ2v) is 8.16. The SMILES string of the molecule is O=C(COc1c(Cl)cc(F)cc1Cl)Nc1cccc(-c2ccc3nnc(-c4ccccn4)n3n2)c1. The Balaban J connectivity index is 1.34. The molecular formula is C24H15Cl2FN6O2. The van der Waals surface area contributed by atoms with E-state index in [0.29, 0.717) is 28.5 Å². The van der Waals surface area contributed by atoms with Crippen LogP contribution in [0.4, 0.5) is 10.1 Å². The first-order chi connectivity index (χ1) is 17.0. The normalized spacial score (nSPS) is 10.9. The van der Waals surface area contributed by atoms with Crippen LogP contribution < -0.4 is 10.1 Å². The van der Waals surface area contributed by atoms with Crippen LogP contribution in [0.25, 0.3) is 28.4 Å². The minimum absolute atomic E-state index is 0.0228. The molecule has 0 aliphatic heterocycles. The summed E-state index contributed by atoms with van der Waals surface area (Å²) in [6, 6.07) is 18.4. The average Bonchev–Trinajstić information content (AvgIpc) is 3.27. The predicted octanol–water partition coefficient (Wildman–Crippen LogP) is 5.32. The van der Waals surface area contributed by atoms with Crippen molar-refractivity contribution in [1.82, 2.24) is 24.8 Å². The largest absolute Gasteiger partial charge is 0.481 e. The highest BCUT2D eigenvalue weighted by atomic mass is 35.5. The zero-order valence-electron chi connectivity index (χ0n) is 17.8. The molecule has 5 rings (SSSR count). The van der Waals surface area contributed by atoms with E-state index in [1.54, 1.807) is 35.0 Å². The summed E-state index contributed by atoms with van der Waals surface area (Å²) >= 11 is 11.9. The molecule has 1 N–H and O–H groups in total. The maximum Gasteiger partial charge on any atom is 0.262 e. The summed E-state index contributed by atoms with van der Waals surface area (Å²) in [5, 5.41) is 15.7. The third-order valence-electron chi connectivity index (χ3n) is 4.91. The van der Waals surface area contributed by atoms with E-state index in [4.69, 9.17) is 27.9 Å². The molecule has 0 saturated carbocycles. The molecule has 35 heavy (non-hydrogen) atoms. The predicted molar refractivity (Wildman–Crippen MR) is 130 cm³/mol. The average molecular weight is 509 g/mol. The molecule has 2 aromatic carbocycles. The molecule has 3 heterocycles.